The molecule has 0 aromatic heterocycles. The van der Waals surface area contributed by atoms with Crippen LogP contribution in [0.5, 0.6) is 5.75 Å². The first-order chi connectivity index (χ1) is 14.7. The molecule has 0 spiro atoms. The lowest BCUT2D eigenvalue weighted by Crippen LogP contribution is -2.26. The smallest absolute Gasteiger partial charge is 0.259 e. The van der Waals surface area contributed by atoms with Crippen molar-refractivity contribution in [1.82, 2.24) is 5.43 Å². The number of benzene rings is 3. The summed E-state index contributed by atoms with van der Waals surface area (Å²) >= 11 is 0. The van der Waals surface area contributed by atoms with Crippen LogP contribution in [0.4, 0.5) is 5.69 Å². The monoisotopic (exact) mass is 399 g/mol. The third kappa shape index (κ3) is 6.63. The molecular formula is C25H25N3O2. The van der Waals surface area contributed by atoms with Gasteiger partial charge in [-0.2, -0.15) is 5.10 Å². The summed E-state index contributed by atoms with van der Waals surface area (Å²) in [5, 5.41) is 7.41. The van der Waals surface area contributed by atoms with Gasteiger partial charge in [-0.15, -0.1) is 0 Å². The summed E-state index contributed by atoms with van der Waals surface area (Å²) in [7, 11) is 0. The van der Waals surface area contributed by atoms with Crippen LogP contribution in [-0.4, -0.2) is 24.8 Å². The van der Waals surface area contributed by atoms with Crippen molar-refractivity contribution in [3.05, 3.63) is 102 Å². The zero-order valence-electron chi connectivity index (χ0n) is 16.9. The summed E-state index contributed by atoms with van der Waals surface area (Å²) in [6, 6.07) is 27.2. The van der Waals surface area contributed by atoms with Gasteiger partial charge in [0.15, 0.2) is 0 Å². The van der Waals surface area contributed by atoms with E-state index in [0.717, 1.165) is 22.6 Å². The lowest BCUT2D eigenvalue weighted by atomic mass is 10.1. The average Bonchev–Trinajstić information content (AvgIpc) is 2.80. The Kier molecular flexibility index (Phi) is 7.80. The molecule has 2 N–H and O–H groups in total. The summed E-state index contributed by atoms with van der Waals surface area (Å²) in [6.07, 6.45) is 3.86. The van der Waals surface area contributed by atoms with Gasteiger partial charge in [-0.3, -0.25) is 4.79 Å². The Morgan fingerprint density at radius 2 is 1.60 bits per heavy atom. The molecular weight excluding hydrogens is 374 g/mol. The van der Waals surface area contributed by atoms with Crippen LogP contribution in [0.15, 0.2) is 96.1 Å². The Morgan fingerprint density at radius 3 is 2.27 bits per heavy atom. The molecule has 30 heavy (non-hydrogen) atoms. The first-order valence-electron chi connectivity index (χ1n) is 9.86. The molecule has 0 saturated heterocycles. The topological polar surface area (TPSA) is 62.7 Å². The van der Waals surface area contributed by atoms with E-state index in [1.807, 2.05) is 104 Å². The minimum absolute atomic E-state index is 0.113. The number of hydrogen-bond donors (Lipinski definition) is 2. The highest BCUT2D eigenvalue weighted by Gasteiger charge is 2.03. The quantitative estimate of drug-likeness (QED) is 0.404. The van der Waals surface area contributed by atoms with Crippen LogP contribution in [0.1, 0.15) is 18.1 Å². The fourth-order valence-electron chi connectivity index (χ4n) is 2.73. The number of carbonyl (C=O) groups excluding carboxylic acids is 1. The number of hydrazone groups is 1. The molecule has 0 unspecified atom stereocenters. The molecule has 5 nitrogen and oxygen atoms in total. The largest absolute Gasteiger partial charge is 0.494 e. The second kappa shape index (κ2) is 11.2. The molecule has 0 heterocycles. The number of allylic oxidation sites excluding steroid dienone is 1. The van der Waals surface area contributed by atoms with Gasteiger partial charge >= 0.3 is 0 Å². The van der Waals surface area contributed by atoms with E-state index in [1.54, 1.807) is 0 Å². The van der Waals surface area contributed by atoms with Gasteiger partial charge in [0.05, 0.1) is 18.9 Å². The van der Waals surface area contributed by atoms with Crippen molar-refractivity contribution in [3.63, 3.8) is 0 Å². The summed E-state index contributed by atoms with van der Waals surface area (Å²) in [6.45, 7) is 2.67. The Hall–Kier alpha value is -3.86. The summed E-state index contributed by atoms with van der Waals surface area (Å²) in [5.41, 5.74) is 6.12. The van der Waals surface area contributed by atoms with Crippen molar-refractivity contribution in [3.8, 4) is 5.75 Å². The van der Waals surface area contributed by atoms with Gasteiger partial charge in [0.2, 0.25) is 0 Å². The number of hydrogen-bond acceptors (Lipinski definition) is 4. The van der Waals surface area contributed by atoms with Crippen molar-refractivity contribution >= 4 is 23.4 Å². The molecule has 0 radical (unpaired) electrons. The Labute approximate surface area is 177 Å². The lowest BCUT2D eigenvalue weighted by molar-refractivity contribution is -0.119. The summed E-state index contributed by atoms with van der Waals surface area (Å²) in [5.74, 6) is 0.570. The molecule has 0 aliphatic rings. The standard InChI is InChI=1S/C25H25N3O2/c1-2-30-23-16-14-22(15-17-23)26-19-25(29)28-27-24(21-11-7-4-8-12-21)18-13-20-9-5-3-6-10-20/h3-18,26H,2,19H2,1H3,(H,28,29)/b18-13-,27-24?. The van der Waals surface area contributed by atoms with E-state index in [0.29, 0.717) is 12.3 Å². The number of carbonyl (C=O) groups is 1. The van der Waals surface area contributed by atoms with Gasteiger partial charge in [-0.25, -0.2) is 5.43 Å². The molecule has 0 aliphatic heterocycles. The maximum Gasteiger partial charge on any atom is 0.259 e. The third-order valence-electron chi connectivity index (χ3n) is 4.22. The molecule has 0 fully saturated rings. The Balaban J connectivity index is 1.63. The van der Waals surface area contributed by atoms with Crippen molar-refractivity contribution < 1.29 is 9.53 Å². The minimum Gasteiger partial charge on any atom is -0.494 e. The van der Waals surface area contributed by atoms with Gasteiger partial charge in [0.25, 0.3) is 5.91 Å². The number of amides is 1. The normalized spacial score (nSPS) is 11.3. The minimum atomic E-state index is -0.231. The van der Waals surface area contributed by atoms with Crippen molar-refractivity contribution in [1.29, 1.82) is 0 Å². The van der Waals surface area contributed by atoms with Crippen molar-refractivity contribution in [2.75, 3.05) is 18.5 Å². The van der Waals surface area contributed by atoms with E-state index in [9.17, 15) is 4.79 Å². The maximum atomic E-state index is 12.3. The summed E-state index contributed by atoms with van der Waals surface area (Å²) < 4.78 is 5.42. The molecule has 0 aliphatic carbocycles. The Bertz CT molecular complexity index is 982. The van der Waals surface area contributed by atoms with E-state index in [2.05, 4.69) is 15.8 Å². The van der Waals surface area contributed by atoms with Crippen LogP contribution >= 0.6 is 0 Å². The van der Waals surface area contributed by atoms with Crippen LogP contribution in [0.2, 0.25) is 0 Å². The van der Waals surface area contributed by atoms with Gasteiger partial charge in [-0.1, -0.05) is 66.7 Å². The fraction of sp³-hybridized carbons (Fsp3) is 0.120. The highest BCUT2D eigenvalue weighted by Crippen LogP contribution is 2.15. The number of ether oxygens (including phenoxy) is 1. The predicted octanol–water partition coefficient (Wildman–Crippen LogP) is 4.73. The highest BCUT2D eigenvalue weighted by molar-refractivity contribution is 6.11. The van der Waals surface area contributed by atoms with E-state index in [4.69, 9.17) is 4.74 Å². The van der Waals surface area contributed by atoms with Gasteiger partial charge < -0.3 is 10.1 Å². The predicted molar refractivity (Wildman–Crippen MR) is 123 cm³/mol. The van der Waals surface area contributed by atoms with Crippen LogP contribution in [0.3, 0.4) is 0 Å². The zero-order valence-corrected chi connectivity index (χ0v) is 16.9. The second-order valence-corrected chi connectivity index (χ2v) is 6.45. The molecule has 152 valence electrons. The molecule has 3 aromatic rings. The zero-order chi connectivity index (χ0) is 21.0. The van der Waals surface area contributed by atoms with Crippen molar-refractivity contribution in [2.45, 2.75) is 6.92 Å². The molecule has 0 bridgehead atoms. The van der Waals surface area contributed by atoms with Gasteiger partial charge in [-0.05, 0) is 42.8 Å². The van der Waals surface area contributed by atoms with E-state index in [-0.39, 0.29) is 12.5 Å². The molecule has 5 heteroatoms. The average molecular weight is 399 g/mol. The number of anilines is 1. The molecule has 0 atom stereocenters. The SMILES string of the molecule is CCOc1ccc(NCC(=O)NN=C(/C=C\c2ccccc2)c2ccccc2)cc1. The molecule has 0 saturated carbocycles. The van der Waals surface area contributed by atoms with E-state index < -0.39 is 0 Å². The van der Waals surface area contributed by atoms with Crippen LogP contribution in [0.25, 0.3) is 6.08 Å². The van der Waals surface area contributed by atoms with Crippen LogP contribution in [-0.2, 0) is 4.79 Å². The first-order valence-corrected chi connectivity index (χ1v) is 9.86. The second-order valence-electron chi connectivity index (χ2n) is 6.45. The number of nitrogens with zero attached hydrogens (tertiary/aromatic N) is 1. The lowest BCUT2D eigenvalue weighted by Gasteiger charge is -2.08. The molecule has 3 rings (SSSR count). The first kappa shape index (κ1) is 20.9. The number of nitrogens with one attached hydrogen (secondary N) is 2. The molecule has 3 aromatic carbocycles. The third-order valence-corrected chi connectivity index (χ3v) is 4.22. The number of rotatable bonds is 9. The highest BCUT2D eigenvalue weighted by atomic mass is 16.5. The molecule has 1 amide bonds. The van der Waals surface area contributed by atoms with Gasteiger partial charge in [0.1, 0.15) is 5.75 Å². The van der Waals surface area contributed by atoms with E-state index in [1.165, 1.54) is 0 Å². The summed E-state index contributed by atoms with van der Waals surface area (Å²) in [4.78, 5) is 12.3. The van der Waals surface area contributed by atoms with Crippen molar-refractivity contribution in [2.24, 2.45) is 5.10 Å². The van der Waals surface area contributed by atoms with Crippen LogP contribution in [0, 0.1) is 0 Å². The fourth-order valence-corrected chi connectivity index (χ4v) is 2.73. The maximum absolute atomic E-state index is 12.3. The van der Waals surface area contributed by atoms with Crippen LogP contribution < -0.4 is 15.5 Å². The Morgan fingerprint density at radius 1 is 0.933 bits per heavy atom. The van der Waals surface area contributed by atoms with E-state index >= 15 is 0 Å². The van der Waals surface area contributed by atoms with Gasteiger partial charge in [0, 0.05) is 11.3 Å².